The summed E-state index contributed by atoms with van der Waals surface area (Å²) in [6.07, 6.45) is 21.3. The fourth-order valence-corrected chi connectivity index (χ4v) is 6.66. The summed E-state index contributed by atoms with van der Waals surface area (Å²) in [7, 11) is 0. The maximum atomic E-state index is 13.1. The number of aromatic nitrogens is 2. The Bertz CT molecular complexity index is 1370. The van der Waals surface area contributed by atoms with Gasteiger partial charge in [0, 0.05) is 43.5 Å². The Balaban J connectivity index is 1.06. The normalized spacial score (nSPS) is 13.6. The van der Waals surface area contributed by atoms with E-state index in [2.05, 4.69) is 21.8 Å². The van der Waals surface area contributed by atoms with Crippen LogP contribution in [0, 0.1) is 5.82 Å². The molecule has 0 bridgehead atoms. The number of hydrogen-bond acceptors (Lipinski definition) is 7. The summed E-state index contributed by atoms with van der Waals surface area (Å²) in [6.45, 7) is 6.68. The molecule has 0 amide bonds. The third-order valence-electron chi connectivity index (χ3n) is 9.63. The minimum absolute atomic E-state index is 0.0409. The summed E-state index contributed by atoms with van der Waals surface area (Å²) in [5.41, 5.74) is 1.28. The quantitative estimate of drug-likeness (QED) is 0.0530. The second-order valence-electron chi connectivity index (χ2n) is 13.6. The maximum Gasteiger partial charge on any atom is 0.535 e. The molecular weight excluding hydrogens is 619 g/mol. The number of Topliss-reactive ketones (excluding diaryl/α,β-unsaturated/α-hetero) is 1. The van der Waals surface area contributed by atoms with E-state index in [-0.39, 0.29) is 11.6 Å². The van der Waals surface area contributed by atoms with Crippen molar-refractivity contribution in [1.29, 1.82) is 0 Å². The van der Waals surface area contributed by atoms with Crippen LogP contribution < -0.4 is 9.74 Å². The van der Waals surface area contributed by atoms with E-state index in [4.69, 9.17) is 9.57 Å². The number of nitrogens with zero attached hydrogens (tertiary/aromatic N) is 4. The lowest BCUT2D eigenvalue weighted by molar-refractivity contribution is 0.0403. The first kappa shape index (κ1) is 38.3. The van der Waals surface area contributed by atoms with Crippen LogP contribution in [0.15, 0.2) is 48.5 Å². The van der Waals surface area contributed by atoms with Crippen molar-refractivity contribution in [2.24, 2.45) is 0 Å². The molecule has 9 heteroatoms. The average molecular weight is 679 g/mol. The molecule has 0 N–H and O–H groups in total. The molecule has 0 aliphatic carbocycles. The van der Waals surface area contributed by atoms with Crippen molar-refractivity contribution in [1.82, 2.24) is 14.8 Å². The summed E-state index contributed by atoms with van der Waals surface area (Å²) in [4.78, 5) is 36.3. The van der Waals surface area contributed by atoms with Gasteiger partial charge in [0.05, 0.1) is 6.61 Å². The Morgan fingerprint density at radius 1 is 0.714 bits per heavy atom. The summed E-state index contributed by atoms with van der Waals surface area (Å²) in [6, 6.07) is 13.5. The number of ether oxygens (including phenoxy) is 1. The number of halogens is 1. The van der Waals surface area contributed by atoms with Crippen LogP contribution in [0.25, 0.3) is 10.9 Å². The fraction of sp³-hybridized carbons (Fsp3) is 0.625. The Labute approximate surface area is 293 Å². The number of para-hydroxylation sites is 1. The minimum Gasteiger partial charge on any atom is -0.433 e. The number of ketones is 1. The van der Waals surface area contributed by atoms with Crippen LogP contribution in [0.1, 0.15) is 133 Å². The van der Waals surface area contributed by atoms with E-state index >= 15 is 0 Å². The fourth-order valence-electron chi connectivity index (χ4n) is 6.66. The van der Waals surface area contributed by atoms with E-state index in [1.54, 1.807) is 12.1 Å². The number of rotatable bonds is 24. The number of benzene rings is 2. The first-order chi connectivity index (χ1) is 24.0. The average Bonchev–Trinajstić information content (AvgIpc) is 3.48. The Hall–Kier alpha value is -3.46. The van der Waals surface area contributed by atoms with Crippen molar-refractivity contribution >= 4 is 28.7 Å². The molecule has 3 aromatic rings. The lowest BCUT2D eigenvalue weighted by Crippen LogP contribution is -2.47. The van der Waals surface area contributed by atoms with E-state index in [1.165, 1.54) is 107 Å². The molecule has 270 valence electrons. The molecule has 0 atom stereocenters. The number of carbonyl (C=O) groups excluding carboxylic acids is 2. The van der Waals surface area contributed by atoms with E-state index in [9.17, 15) is 14.0 Å². The summed E-state index contributed by atoms with van der Waals surface area (Å²) in [5.74, 6) is 0.491. The Kier molecular flexibility index (Phi) is 17.4. The van der Waals surface area contributed by atoms with E-state index in [1.807, 2.05) is 24.3 Å². The first-order valence-corrected chi connectivity index (χ1v) is 19.1. The smallest absolute Gasteiger partial charge is 0.433 e. The van der Waals surface area contributed by atoms with E-state index < -0.39 is 6.16 Å². The van der Waals surface area contributed by atoms with Crippen molar-refractivity contribution in [2.45, 2.75) is 122 Å². The van der Waals surface area contributed by atoms with Gasteiger partial charge < -0.3 is 9.64 Å². The molecule has 2 aromatic carbocycles. The lowest BCUT2D eigenvalue weighted by Gasteiger charge is -2.34. The van der Waals surface area contributed by atoms with Crippen LogP contribution in [0.3, 0.4) is 0 Å². The molecule has 0 spiro atoms. The van der Waals surface area contributed by atoms with E-state index in [0.717, 1.165) is 68.7 Å². The van der Waals surface area contributed by atoms with Crippen LogP contribution in [0.4, 0.5) is 15.0 Å². The van der Waals surface area contributed by atoms with Crippen molar-refractivity contribution in [3.63, 3.8) is 0 Å². The van der Waals surface area contributed by atoms with Crippen molar-refractivity contribution in [2.75, 3.05) is 44.2 Å². The molecule has 0 unspecified atom stereocenters. The largest absolute Gasteiger partial charge is 0.535 e. The van der Waals surface area contributed by atoms with Gasteiger partial charge in [-0.25, -0.2) is 9.18 Å². The Morgan fingerprint density at radius 3 is 1.90 bits per heavy atom. The van der Waals surface area contributed by atoms with Crippen molar-refractivity contribution in [3.05, 3.63) is 59.9 Å². The van der Waals surface area contributed by atoms with Gasteiger partial charge in [-0.15, -0.1) is 5.10 Å². The molecule has 1 aliphatic rings. The van der Waals surface area contributed by atoms with Gasteiger partial charge in [0.1, 0.15) is 11.3 Å². The van der Waals surface area contributed by atoms with E-state index in [0.29, 0.717) is 18.6 Å². The molecule has 8 nitrogen and oxygen atoms in total. The van der Waals surface area contributed by atoms with Gasteiger partial charge in [-0.05, 0) is 55.8 Å². The first-order valence-electron chi connectivity index (χ1n) is 19.1. The standard InChI is InChI=1S/C40H59FN4O4/c1-2-3-4-5-6-7-8-9-10-11-12-13-14-15-16-19-33-48-40(47)49-45-37-22-18-17-21-36(37)39(42-45)44-31-29-43(30-32-44)28-20-23-38(46)34-24-26-35(41)27-25-34/h17-18,21-22,24-27H,2-16,19-20,23,28-33H2,1H3. The monoisotopic (exact) mass is 678 g/mol. The van der Waals surface area contributed by atoms with Gasteiger partial charge in [0.25, 0.3) is 0 Å². The summed E-state index contributed by atoms with van der Waals surface area (Å²) in [5, 5.41) is 5.58. The highest BCUT2D eigenvalue weighted by atomic mass is 19.1. The summed E-state index contributed by atoms with van der Waals surface area (Å²) < 4.78 is 18.5. The van der Waals surface area contributed by atoms with Crippen LogP contribution >= 0.6 is 0 Å². The van der Waals surface area contributed by atoms with Crippen LogP contribution in [0.5, 0.6) is 0 Å². The molecule has 0 radical (unpaired) electrons. The third kappa shape index (κ3) is 13.8. The molecule has 2 heterocycles. The third-order valence-corrected chi connectivity index (χ3v) is 9.63. The topological polar surface area (TPSA) is 76.9 Å². The van der Waals surface area contributed by atoms with Crippen molar-refractivity contribution in [3.8, 4) is 0 Å². The highest BCUT2D eigenvalue weighted by Gasteiger charge is 2.23. The van der Waals surface area contributed by atoms with Gasteiger partial charge in [0.15, 0.2) is 11.6 Å². The van der Waals surface area contributed by atoms with Crippen LogP contribution in [-0.4, -0.2) is 66.1 Å². The molecule has 1 aliphatic heterocycles. The van der Waals surface area contributed by atoms with Crippen LogP contribution in [0.2, 0.25) is 0 Å². The van der Waals surface area contributed by atoms with Gasteiger partial charge in [-0.2, -0.15) is 0 Å². The zero-order valence-corrected chi connectivity index (χ0v) is 29.9. The predicted octanol–water partition coefficient (Wildman–Crippen LogP) is 9.79. The van der Waals surface area contributed by atoms with Gasteiger partial charge in [-0.3, -0.25) is 14.5 Å². The highest BCUT2D eigenvalue weighted by Crippen LogP contribution is 2.27. The zero-order valence-electron chi connectivity index (χ0n) is 29.9. The molecule has 1 saturated heterocycles. The molecule has 1 fully saturated rings. The number of unbranched alkanes of at least 4 members (excludes halogenated alkanes) is 15. The molecule has 49 heavy (non-hydrogen) atoms. The SMILES string of the molecule is CCCCCCCCCCCCCCCCCCOC(=O)On1nc(N2CCN(CCCC(=O)c3ccc(F)cc3)CC2)c2ccccc21. The van der Waals surface area contributed by atoms with Gasteiger partial charge >= 0.3 is 6.16 Å². The lowest BCUT2D eigenvalue weighted by atomic mass is 10.0. The number of piperazine rings is 1. The highest BCUT2D eigenvalue weighted by molar-refractivity contribution is 5.96. The molecule has 1 aromatic heterocycles. The van der Waals surface area contributed by atoms with Gasteiger partial charge in [-0.1, -0.05) is 120 Å². The Morgan fingerprint density at radius 2 is 1.29 bits per heavy atom. The van der Waals surface area contributed by atoms with Crippen molar-refractivity contribution < 1.29 is 23.6 Å². The predicted molar refractivity (Wildman–Crippen MR) is 196 cm³/mol. The number of carbonyl (C=O) groups is 2. The minimum atomic E-state index is -0.735. The molecular formula is C40H59FN4O4. The second-order valence-corrected chi connectivity index (χ2v) is 13.6. The number of fused-ring (bicyclic) bond motifs is 1. The van der Waals surface area contributed by atoms with Gasteiger partial charge in [0.2, 0.25) is 0 Å². The van der Waals surface area contributed by atoms with Crippen LogP contribution in [-0.2, 0) is 4.74 Å². The number of anilines is 1. The number of hydrogen-bond donors (Lipinski definition) is 0. The zero-order chi connectivity index (χ0) is 34.5. The summed E-state index contributed by atoms with van der Waals surface area (Å²) >= 11 is 0. The second kappa shape index (κ2) is 22.3. The molecule has 0 saturated carbocycles. The maximum absolute atomic E-state index is 13.1. The molecule has 4 rings (SSSR count).